The number of carboxylic acid groups (broad SMARTS) is 1. The summed E-state index contributed by atoms with van der Waals surface area (Å²) in [7, 11) is 0. The van der Waals surface area contributed by atoms with Crippen molar-refractivity contribution in [1.82, 2.24) is 5.32 Å². The summed E-state index contributed by atoms with van der Waals surface area (Å²) in [4.78, 5) is 22.5. The second-order valence-electron chi connectivity index (χ2n) is 5.46. The highest BCUT2D eigenvalue weighted by atomic mass is 16.4. The van der Waals surface area contributed by atoms with Gasteiger partial charge in [0.1, 0.15) is 6.54 Å². The number of hydrogen-bond acceptors (Lipinski definition) is 2. The van der Waals surface area contributed by atoms with Crippen LogP contribution in [-0.4, -0.2) is 23.5 Å². The van der Waals surface area contributed by atoms with E-state index in [1.54, 1.807) is 0 Å². The van der Waals surface area contributed by atoms with Gasteiger partial charge in [-0.25, -0.2) is 0 Å². The number of nitrogens with one attached hydrogen (secondary N) is 1. The van der Waals surface area contributed by atoms with Crippen LogP contribution < -0.4 is 5.32 Å². The molecule has 1 aromatic rings. The maximum atomic E-state index is 12.0. The molecular weight excluding hydrogens is 254 g/mol. The lowest BCUT2D eigenvalue weighted by Gasteiger charge is -2.18. The Labute approximate surface area is 120 Å². The summed E-state index contributed by atoms with van der Waals surface area (Å²) in [5, 5.41) is 11.1. The molecule has 0 aromatic heterocycles. The molecule has 1 rings (SSSR count). The second-order valence-corrected chi connectivity index (χ2v) is 5.46. The number of benzene rings is 1. The molecule has 1 atom stereocenters. The maximum Gasteiger partial charge on any atom is 0.322 e. The average Bonchev–Trinajstić information content (AvgIpc) is 2.41. The van der Waals surface area contributed by atoms with Crippen LogP contribution in [0.2, 0.25) is 0 Å². The van der Waals surface area contributed by atoms with Gasteiger partial charge in [0, 0.05) is 5.92 Å². The van der Waals surface area contributed by atoms with E-state index >= 15 is 0 Å². The predicted octanol–water partition coefficient (Wildman–Crippen LogP) is 2.48. The van der Waals surface area contributed by atoms with Crippen molar-refractivity contribution >= 4 is 11.9 Å². The lowest BCUT2D eigenvalue weighted by atomic mass is 9.90. The second kappa shape index (κ2) is 8.35. The summed E-state index contributed by atoms with van der Waals surface area (Å²) < 4.78 is 0. The maximum absolute atomic E-state index is 12.0. The molecule has 0 fully saturated rings. The normalized spacial score (nSPS) is 12.2. The summed E-state index contributed by atoms with van der Waals surface area (Å²) in [5.74, 6) is -0.886. The molecular formula is C16H23NO3. The molecule has 1 amide bonds. The van der Waals surface area contributed by atoms with Crippen molar-refractivity contribution < 1.29 is 14.7 Å². The van der Waals surface area contributed by atoms with Gasteiger partial charge in [-0.15, -0.1) is 0 Å². The Morgan fingerprint density at radius 1 is 1.20 bits per heavy atom. The van der Waals surface area contributed by atoms with Gasteiger partial charge in [-0.3, -0.25) is 9.59 Å². The number of carboxylic acids is 1. The standard InChI is InChI=1S/C16H23NO3/c1-12(2)10-14(16(20)17-11-15(18)19)9-8-13-6-4-3-5-7-13/h3-7,12,14H,8-11H2,1-2H3,(H,17,20)(H,18,19). The van der Waals surface area contributed by atoms with Crippen molar-refractivity contribution in [2.45, 2.75) is 33.1 Å². The van der Waals surface area contributed by atoms with E-state index < -0.39 is 5.97 Å². The molecule has 0 saturated heterocycles. The molecule has 0 bridgehead atoms. The van der Waals surface area contributed by atoms with Crippen LogP contribution in [0.1, 0.15) is 32.3 Å². The number of amides is 1. The van der Waals surface area contributed by atoms with Gasteiger partial charge in [-0.2, -0.15) is 0 Å². The number of aryl methyl sites for hydroxylation is 1. The number of rotatable bonds is 8. The first-order valence-electron chi connectivity index (χ1n) is 7.02. The van der Waals surface area contributed by atoms with E-state index in [1.165, 1.54) is 5.56 Å². The Morgan fingerprint density at radius 3 is 2.40 bits per heavy atom. The third kappa shape index (κ3) is 6.36. The average molecular weight is 277 g/mol. The van der Waals surface area contributed by atoms with E-state index in [0.29, 0.717) is 5.92 Å². The Morgan fingerprint density at radius 2 is 1.85 bits per heavy atom. The fourth-order valence-electron chi connectivity index (χ4n) is 2.22. The molecule has 0 heterocycles. The summed E-state index contributed by atoms with van der Waals surface area (Å²) in [6.07, 6.45) is 2.35. The zero-order chi connectivity index (χ0) is 15.0. The van der Waals surface area contributed by atoms with Crippen molar-refractivity contribution in [3.63, 3.8) is 0 Å². The van der Waals surface area contributed by atoms with Crippen LogP contribution in [0.5, 0.6) is 0 Å². The first-order chi connectivity index (χ1) is 9.49. The molecule has 20 heavy (non-hydrogen) atoms. The molecule has 4 heteroatoms. The van der Waals surface area contributed by atoms with E-state index in [4.69, 9.17) is 5.11 Å². The van der Waals surface area contributed by atoms with Crippen LogP contribution in [0, 0.1) is 11.8 Å². The summed E-state index contributed by atoms with van der Waals surface area (Å²) in [6.45, 7) is 3.83. The highest BCUT2D eigenvalue weighted by Gasteiger charge is 2.20. The van der Waals surface area contributed by atoms with Crippen LogP contribution in [0.4, 0.5) is 0 Å². The zero-order valence-corrected chi connectivity index (χ0v) is 12.1. The molecule has 2 N–H and O–H groups in total. The fourth-order valence-corrected chi connectivity index (χ4v) is 2.22. The zero-order valence-electron chi connectivity index (χ0n) is 12.1. The van der Waals surface area contributed by atoms with Gasteiger partial charge >= 0.3 is 5.97 Å². The van der Waals surface area contributed by atoms with Crippen LogP contribution in [0.25, 0.3) is 0 Å². The van der Waals surface area contributed by atoms with Crippen LogP contribution in [-0.2, 0) is 16.0 Å². The molecule has 0 radical (unpaired) electrons. The summed E-state index contributed by atoms with van der Waals surface area (Å²) >= 11 is 0. The minimum atomic E-state index is -1.01. The van der Waals surface area contributed by atoms with Crippen LogP contribution in [0.3, 0.4) is 0 Å². The Balaban J connectivity index is 2.55. The summed E-state index contributed by atoms with van der Waals surface area (Å²) in [5.41, 5.74) is 1.20. The Kier molecular flexibility index (Phi) is 6.77. The molecule has 110 valence electrons. The topological polar surface area (TPSA) is 66.4 Å². The van der Waals surface area contributed by atoms with Gasteiger partial charge < -0.3 is 10.4 Å². The summed E-state index contributed by atoms with van der Waals surface area (Å²) in [6, 6.07) is 10.0. The highest BCUT2D eigenvalue weighted by molar-refractivity contribution is 5.82. The van der Waals surface area contributed by atoms with Gasteiger partial charge in [-0.1, -0.05) is 44.2 Å². The van der Waals surface area contributed by atoms with E-state index in [0.717, 1.165) is 19.3 Å². The number of hydrogen-bond donors (Lipinski definition) is 2. The molecule has 1 aromatic carbocycles. The van der Waals surface area contributed by atoms with Gasteiger partial charge in [0.05, 0.1) is 0 Å². The number of aliphatic carboxylic acids is 1. The van der Waals surface area contributed by atoms with E-state index in [2.05, 4.69) is 19.2 Å². The van der Waals surface area contributed by atoms with Gasteiger partial charge in [-0.05, 0) is 30.7 Å². The van der Waals surface area contributed by atoms with Crippen molar-refractivity contribution in [1.29, 1.82) is 0 Å². The molecule has 0 saturated carbocycles. The van der Waals surface area contributed by atoms with Gasteiger partial charge in [0.25, 0.3) is 0 Å². The third-order valence-corrected chi connectivity index (χ3v) is 3.16. The highest BCUT2D eigenvalue weighted by Crippen LogP contribution is 2.18. The van der Waals surface area contributed by atoms with Crippen LogP contribution in [0.15, 0.2) is 30.3 Å². The van der Waals surface area contributed by atoms with Crippen molar-refractivity contribution in [3.8, 4) is 0 Å². The van der Waals surface area contributed by atoms with Crippen molar-refractivity contribution in [2.75, 3.05) is 6.54 Å². The van der Waals surface area contributed by atoms with Crippen molar-refractivity contribution in [3.05, 3.63) is 35.9 Å². The first-order valence-corrected chi connectivity index (χ1v) is 7.02. The van der Waals surface area contributed by atoms with Crippen LogP contribution >= 0.6 is 0 Å². The largest absolute Gasteiger partial charge is 0.480 e. The predicted molar refractivity (Wildman–Crippen MR) is 78.4 cm³/mol. The van der Waals surface area contributed by atoms with Crippen molar-refractivity contribution in [2.24, 2.45) is 11.8 Å². The SMILES string of the molecule is CC(C)CC(CCc1ccccc1)C(=O)NCC(=O)O. The quantitative estimate of drug-likeness (QED) is 0.767. The molecule has 0 spiro atoms. The van der Waals surface area contributed by atoms with E-state index in [9.17, 15) is 9.59 Å². The Bertz CT molecular complexity index is 429. The molecule has 4 nitrogen and oxygen atoms in total. The van der Waals surface area contributed by atoms with Gasteiger partial charge in [0.2, 0.25) is 5.91 Å². The molecule has 0 aliphatic rings. The number of carbonyl (C=O) groups excluding carboxylic acids is 1. The minimum absolute atomic E-state index is 0.130. The van der Waals surface area contributed by atoms with E-state index in [-0.39, 0.29) is 18.4 Å². The number of carbonyl (C=O) groups is 2. The fraction of sp³-hybridized carbons (Fsp3) is 0.500. The smallest absolute Gasteiger partial charge is 0.322 e. The monoisotopic (exact) mass is 277 g/mol. The minimum Gasteiger partial charge on any atom is -0.480 e. The lowest BCUT2D eigenvalue weighted by Crippen LogP contribution is -2.35. The third-order valence-electron chi connectivity index (χ3n) is 3.16. The van der Waals surface area contributed by atoms with Gasteiger partial charge in [0.15, 0.2) is 0 Å². The first kappa shape index (κ1) is 16.2. The Hall–Kier alpha value is -1.84. The van der Waals surface area contributed by atoms with E-state index in [1.807, 2.05) is 30.3 Å². The molecule has 0 aliphatic carbocycles. The lowest BCUT2D eigenvalue weighted by molar-refractivity contribution is -0.138. The molecule has 0 aliphatic heterocycles. The molecule has 1 unspecified atom stereocenters.